The Morgan fingerprint density at radius 1 is 1.28 bits per heavy atom. The van der Waals surface area contributed by atoms with Crippen LogP contribution in [0, 0.1) is 5.41 Å². The molecule has 1 aliphatic rings. The van der Waals surface area contributed by atoms with Gasteiger partial charge in [-0.25, -0.2) is 0 Å². The third kappa shape index (κ3) is 3.20. The number of ether oxygens (including phenoxy) is 1. The first-order valence-electron chi connectivity index (χ1n) is 6.08. The topological polar surface area (TPSA) is 99.0 Å². The number of nitrogens with one attached hydrogen (secondary N) is 1. The Morgan fingerprint density at radius 2 is 1.83 bits per heavy atom. The quantitative estimate of drug-likeness (QED) is 0.512. The van der Waals surface area contributed by atoms with E-state index in [1.165, 1.54) is 6.92 Å². The Hall–Kier alpha value is -0.690. The van der Waals surface area contributed by atoms with Crippen LogP contribution in [0.3, 0.4) is 0 Å². The number of hydrogen-bond donors (Lipinski definition) is 4. The third-order valence-corrected chi connectivity index (χ3v) is 3.15. The Bertz CT molecular complexity index is 301. The van der Waals surface area contributed by atoms with E-state index in [1.807, 2.05) is 20.8 Å². The summed E-state index contributed by atoms with van der Waals surface area (Å²) in [4.78, 5) is 11.2. The second kappa shape index (κ2) is 5.52. The number of amides is 1. The molecule has 2 unspecified atom stereocenters. The zero-order valence-corrected chi connectivity index (χ0v) is 11.3. The predicted octanol–water partition coefficient (Wildman–Crippen LogP) is -0.981. The van der Waals surface area contributed by atoms with E-state index in [-0.39, 0.29) is 17.9 Å². The minimum absolute atomic E-state index is 0.299. The van der Waals surface area contributed by atoms with Gasteiger partial charge >= 0.3 is 0 Å². The van der Waals surface area contributed by atoms with E-state index in [4.69, 9.17) is 9.84 Å². The summed E-state index contributed by atoms with van der Waals surface area (Å²) >= 11 is 0. The van der Waals surface area contributed by atoms with Gasteiger partial charge in [0.2, 0.25) is 5.91 Å². The average Bonchev–Trinajstić information content (AvgIpc) is 2.23. The van der Waals surface area contributed by atoms with Crippen molar-refractivity contribution in [3.8, 4) is 0 Å². The van der Waals surface area contributed by atoms with Crippen molar-refractivity contribution in [1.29, 1.82) is 0 Å². The number of rotatable bonds is 2. The van der Waals surface area contributed by atoms with Gasteiger partial charge in [0.25, 0.3) is 0 Å². The van der Waals surface area contributed by atoms with Gasteiger partial charge in [-0.1, -0.05) is 20.8 Å². The molecule has 1 heterocycles. The third-order valence-electron chi connectivity index (χ3n) is 3.15. The first kappa shape index (κ1) is 15.4. The van der Waals surface area contributed by atoms with Crippen LogP contribution in [-0.2, 0) is 9.53 Å². The largest absolute Gasteiger partial charge is 0.394 e. The molecular formula is C12H23NO5. The SMILES string of the molecule is CC(=O)NC1[C@@H](O)[C@@H](O)C(CO)O[C@H]1C(C)(C)C. The van der Waals surface area contributed by atoms with Crippen molar-refractivity contribution < 1.29 is 24.9 Å². The molecule has 1 amide bonds. The van der Waals surface area contributed by atoms with Crippen LogP contribution in [0.1, 0.15) is 27.7 Å². The van der Waals surface area contributed by atoms with E-state index >= 15 is 0 Å². The molecule has 0 aromatic carbocycles. The number of hydrogen-bond acceptors (Lipinski definition) is 5. The monoisotopic (exact) mass is 261 g/mol. The van der Waals surface area contributed by atoms with Crippen molar-refractivity contribution in [2.75, 3.05) is 6.61 Å². The highest BCUT2D eigenvalue weighted by Crippen LogP contribution is 2.32. The van der Waals surface area contributed by atoms with Gasteiger partial charge in [0.1, 0.15) is 18.3 Å². The molecule has 0 aliphatic carbocycles. The van der Waals surface area contributed by atoms with Crippen molar-refractivity contribution in [3.05, 3.63) is 0 Å². The highest BCUT2D eigenvalue weighted by Gasteiger charge is 2.48. The smallest absolute Gasteiger partial charge is 0.217 e. The minimum atomic E-state index is -1.22. The van der Waals surface area contributed by atoms with Crippen molar-refractivity contribution >= 4 is 5.91 Å². The van der Waals surface area contributed by atoms with E-state index in [9.17, 15) is 15.0 Å². The Kier molecular flexibility index (Phi) is 4.72. The summed E-state index contributed by atoms with van der Waals surface area (Å²) in [5.74, 6) is -0.299. The maximum Gasteiger partial charge on any atom is 0.217 e. The fourth-order valence-electron chi connectivity index (χ4n) is 2.25. The normalized spacial score (nSPS) is 37.4. The molecule has 1 saturated heterocycles. The maximum atomic E-state index is 11.2. The standard InChI is InChI=1S/C12H23NO5/c1-6(15)13-8-10(17)9(16)7(5-14)18-11(8)12(2,3)4/h7-11,14,16-17H,5H2,1-4H3,(H,13,15)/t7?,8?,9-,10+,11+/m0/s1. The van der Waals surface area contributed by atoms with Crippen LogP contribution in [0.15, 0.2) is 0 Å². The van der Waals surface area contributed by atoms with E-state index in [0.29, 0.717) is 0 Å². The molecule has 1 aliphatic heterocycles. The van der Waals surface area contributed by atoms with E-state index in [1.54, 1.807) is 0 Å². The lowest BCUT2D eigenvalue weighted by molar-refractivity contribution is -0.216. The number of aliphatic hydroxyl groups excluding tert-OH is 3. The molecule has 0 radical (unpaired) electrons. The summed E-state index contributed by atoms with van der Waals surface area (Å²) in [6, 6.07) is -0.694. The van der Waals surface area contributed by atoms with Gasteiger partial charge in [-0.05, 0) is 5.41 Å². The van der Waals surface area contributed by atoms with Gasteiger partial charge in [0.15, 0.2) is 0 Å². The molecule has 0 aromatic heterocycles. The molecule has 5 atom stereocenters. The molecule has 0 bridgehead atoms. The first-order valence-corrected chi connectivity index (χ1v) is 6.08. The van der Waals surface area contributed by atoms with Gasteiger partial charge < -0.3 is 25.4 Å². The zero-order valence-electron chi connectivity index (χ0n) is 11.3. The fraction of sp³-hybridized carbons (Fsp3) is 0.917. The summed E-state index contributed by atoms with van der Waals surface area (Å²) in [7, 11) is 0. The predicted molar refractivity (Wildman–Crippen MR) is 64.8 cm³/mol. The van der Waals surface area contributed by atoms with Crippen LogP contribution >= 0.6 is 0 Å². The Morgan fingerprint density at radius 3 is 2.22 bits per heavy atom. The fourth-order valence-corrected chi connectivity index (χ4v) is 2.25. The van der Waals surface area contributed by atoms with E-state index in [2.05, 4.69) is 5.32 Å². The van der Waals surface area contributed by atoms with Crippen molar-refractivity contribution in [2.24, 2.45) is 5.41 Å². The molecule has 106 valence electrons. The second-order valence-corrected chi connectivity index (χ2v) is 5.85. The van der Waals surface area contributed by atoms with Gasteiger partial charge in [-0.15, -0.1) is 0 Å². The molecule has 6 nitrogen and oxygen atoms in total. The van der Waals surface area contributed by atoms with Gasteiger partial charge in [-0.2, -0.15) is 0 Å². The summed E-state index contributed by atoms with van der Waals surface area (Å²) < 4.78 is 5.62. The Balaban J connectivity index is 2.98. The summed E-state index contributed by atoms with van der Waals surface area (Å²) in [5.41, 5.74) is -0.346. The highest BCUT2D eigenvalue weighted by atomic mass is 16.5. The van der Waals surface area contributed by atoms with Crippen molar-refractivity contribution in [2.45, 2.75) is 58.2 Å². The van der Waals surface area contributed by atoms with Crippen molar-refractivity contribution in [1.82, 2.24) is 5.32 Å². The summed E-state index contributed by atoms with van der Waals surface area (Å²) in [6.45, 7) is 6.69. The van der Waals surface area contributed by atoms with E-state index in [0.717, 1.165) is 0 Å². The lowest BCUT2D eigenvalue weighted by Crippen LogP contribution is -2.66. The molecule has 6 heteroatoms. The lowest BCUT2D eigenvalue weighted by Gasteiger charge is -2.47. The molecular weight excluding hydrogens is 238 g/mol. The highest BCUT2D eigenvalue weighted by molar-refractivity contribution is 5.73. The van der Waals surface area contributed by atoms with Crippen LogP contribution in [0.5, 0.6) is 0 Å². The second-order valence-electron chi connectivity index (χ2n) is 5.85. The van der Waals surface area contributed by atoms with Crippen LogP contribution in [0.4, 0.5) is 0 Å². The summed E-state index contributed by atoms with van der Waals surface area (Å²) in [6.07, 6.45) is -3.71. The maximum absolute atomic E-state index is 11.2. The number of aliphatic hydroxyl groups is 3. The lowest BCUT2D eigenvalue weighted by atomic mass is 9.78. The van der Waals surface area contributed by atoms with Crippen LogP contribution < -0.4 is 5.32 Å². The van der Waals surface area contributed by atoms with Crippen LogP contribution in [0.2, 0.25) is 0 Å². The average molecular weight is 261 g/mol. The van der Waals surface area contributed by atoms with Crippen LogP contribution in [0.25, 0.3) is 0 Å². The molecule has 0 aromatic rings. The van der Waals surface area contributed by atoms with Gasteiger partial charge in [0.05, 0.1) is 18.8 Å². The molecule has 4 N–H and O–H groups in total. The molecule has 0 spiro atoms. The number of carbonyl (C=O) groups excluding carboxylic acids is 1. The zero-order chi connectivity index (χ0) is 14.1. The molecule has 0 saturated carbocycles. The van der Waals surface area contributed by atoms with Gasteiger partial charge in [-0.3, -0.25) is 4.79 Å². The molecule has 1 fully saturated rings. The molecule has 18 heavy (non-hydrogen) atoms. The minimum Gasteiger partial charge on any atom is -0.394 e. The summed E-state index contributed by atoms with van der Waals surface area (Å²) in [5, 5.41) is 31.6. The van der Waals surface area contributed by atoms with Crippen LogP contribution in [-0.4, -0.2) is 58.3 Å². The van der Waals surface area contributed by atoms with E-state index < -0.39 is 30.5 Å². The van der Waals surface area contributed by atoms with Gasteiger partial charge in [0, 0.05) is 6.92 Å². The van der Waals surface area contributed by atoms with Crippen molar-refractivity contribution in [3.63, 3.8) is 0 Å². The Labute approximate surface area is 107 Å². The first-order chi connectivity index (χ1) is 8.18. The molecule has 1 rings (SSSR count). The number of carbonyl (C=O) groups is 1.